The van der Waals surface area contributed by atoms with Crippen LogP contribution < -0.4 is 5.32 Å². The SMILES string of the molecule is N#CCC(=O)Nc1cccc(C2SCCS2)c1. The lowest BCUT2D eigenvalue weighted by Crippen LogP contribution is -2.10. The van der Waals surface area contributed by atoms with Crippen LogP contribution in [-0.2, 0) is 4.79 Å². The van der Waals surface area contributed by atoms with Crippen molar-refractivity contribution in [2.24, 2.45) is 0 Å². The second kappa shape index (κ2) is 5.99. The fourth-order valence-electron chi connectivity index (χ4n) is 1.59. The molecule has 1 fully saturated rings. The molecule has 1 aromatic rings. The number of amides is 1. The minimum Gasteiger partial charge on any atom is -0.325 e. The first-order valence-electron chi connectivity index (χ1n) is 5.29. The number of nitriles is 1. The second-order valence-electron chi connectivity index (χ2n) is 3.58. The largest absolute Gasteiger partial charge is 0.325 e. The van der Waals surface area contributed by atoms with E-state index in [1.807, 2.05) is 47.8 Å². The van der Waals surface area contributed by atoms with Gasteiger partial charge in [0.15, 0.2) is 0 Å². The summed E-state index contributed by atoms with van der Waals surface area (Å²) in [5, 5.41) is 11.2. The topological polar surface area (TPSA) is 52.9 Å². The predicted molar refractivity (Wildman–Crippen MR) is 73.0 cm³/mol. The van der Waals surface area contributed by atoms with Crippen molar-refractivity contribution in [2.45, 2.75) is 11.0 Å². The number of thioether (sulfide) groups is 2. The van der Waals surface area contributed by atoms with Gasteiger partial charge in [0.1, 0.15) is 6.42 Å². The fraction of sp³-hybridized carbons (Fsp3) is 0.333. The Labute approximate surface area is 109 Å². The van der Waals surface area contributed by atoms with Crippen LogP contribution >= 0.6 is 23.5 Å². The Hall–Kier alpha value is -1.12. The van der Waals surface area contributed by atoms with E-state index in [4.69, 9.17) is 5.26 Å². The smallest absolute Gasteiger partial charge is 0.238 e. The molecule has 1 N–H and O–H groups in total. The Morgan fingerprint density at radius 3 is 2.94 bits per heavy atom. The molecule has 0 aliphatic carbocycles. The first-order chi connectivity index (χ1) is 8.29. The van der Waals surface area contributed by atoms with Gasteiger partial charge in [0.2, 0.25) is 5.91 Å². The normalized spacial score (nSPS) is 15.5. The molecule has 2 rings (SSSR count). The van der Waals surface area contributed by atoms with Gasteiger partial charge in [-0.2, -0.15) is 5.26 Å². The zero-order chi connectivity index (χ0) is 12.1. The molecule has 1 amide bonds. The van der Waals surface area contributed by atoms with E-state index in [9.17, 15) is 4.79 Å². The van der Waals surface area contributed by atoms with Crippen molar-refractivity contribution in [3.05, 3.63) is 29.8 Å². The summed E-state index contributed by atoms with van der Waals surface area (Å²) in [5.41, 5.74) is 2.00. The van der Waals surface area contributed by atoms with Crippen molar-refractivity contribution in [1.82, 2.24) is 0 Å². The van der Waals surface area contributed by atoms with Crippen molar-refractivity contribution in [3.63, 3.8) is 0 Å². The Bertz CT molecular complexity index is 450. The quantitative estimate of drug-likeness (QED) is 0.911. The number of carbonyl (C=O) groups excluding carboxylic acids is 1. The van der Waals surface area contributed by atoms with Gasteiger partial charge in [0.25, 0.3) is 0 Å². The summed E-state index contributed by atoms with van der Waals surface area (Å²) in [6.07, 6.45) is -0.100. The highest BCUT2D eigenvalue weighted by Crippen LogP contribution is 2.45. The van der Waals surface area contributed by atoms with E-state index in [1.54, 1.807) is 0 Å². The van der Waals surface area contributed by atoms with Gasteiger partial charge in [-0.1, -0.05) is 12.1 Å². The van der Waals surface area contributed by atoms with Crippen LogP contribution in [0.25, 0.3) is 0 Å². The molecule has 1 aromatic carbocycles. The third kappa shape index (κ3) is 3.42. The first kappa shape index (κ1) is 12.3. The Balaban J connectivity index is 2.06. The van der Waals surface area contributed by atoms with E-state index in [1.165, 1.54) is 17.1 Å². The molecule has 1 aliphatic heterocycles. The van der Waals surface area contributed by atoms with E-state index in [-0.39, 0.29) is 12.3 Å². The van der Waals surface area contributed by atoms with Crippen LogP contribution in [0.2, 0.25) is 0 Å². The van der Waals surface area contributed by atoms with Crippen LogP contribution in [0.3, 0.4) is 0 Å². The lowest BCUT2D eigenvalue weighted by molar-refractivity contribution is -0.115. The van der Waals surface area contributed by atoms with E-state index < -0.39 is 0 Å². The molecular weight excluding hydrogens is 252 g/mol. The summed E-state index contributed by atoms with van der Waals surface area (Å²) in [4.78, 5) is 11.3. The molecule has 1 saturated heterocycles. The van der Waals surface area contributed by atoms with E-state index >= 15 is 0 Å². The minimum atomic E-state index is -0.253. The number of nitrogens with zero attached hydrogens (tertiary/aromatic N) is 1. The van der Waals surface area contributed by atoms with Crippen LogP contribution in [0.4, 0.5) is 5.69 Å². The number of anilines is 1. The molecule has 3 nitrogen and oxygen atoms in total. The average Bonchev–Trinajstić information content (AvgIpc) is 2.83. The van der Waals surface area contributed by atoms with Crippen molar-refractivity contribution in [2.75, 3.05) is 16.8 Å². The third-order valence-corrected chi connectivity index (χ3v) is 5.41. The summed E-state index contributed by atoms with van der Waals surface area (Å²) in [6.45, 7) is 0. The molecule has 17 heavy (non-hydrogen) atoms. The maximum absolute atomic E-state index is 11.3. The van der Waals surface area contributed by atoms with Gasteiger partial charge in [-0.25, -0.2) is 0 Å². The molecule has 1 aliphatic rings. The van der Waals surface area contributed by atoms with Crippen LogP contribution in [0.5, 0.6) is 0 Å². The number of hydrogen-bond donors (Lipinski definition) is 1. The molecule has 0 saturated carbocycles. The van der Waals surface area contributed by atoms with E-state index in [0.29, 0.717) is 4.58 Å². The average molecular weight is 264 g/mol. The standard InChI is InChI=1S/C12H12N2OS2/c13-5-4-11(15)14-10-3-1-2-9(8-10)12-16-6-7-17-12/h1-3,8,12H,4,6-7H2,(H,14,15). The molecule has 0 radical (unpaired) electrons. The van der Waals surface area contributed by atoms with Crippen LogP contribution in [0, 0.1) is 11.3 Å². The van der Waals surface area contributed by atoms with Gasteiger partial charge in [0, 0.05) is 17.2 Å². The number of benzene rings is 1. The van der Waals surface area contributed by atoms with Gasteiger partial charge >= 0.3 is 0 Å². The molecule has 0 unspecified atom stereocenters. The lowest BCUT2D eigenvalue weighted by atomic mass is 10.2. The number of carbonyl (C=O) groups is 1. The van der Waals surface area contributed by atoms with Crippen LogP contribution in [0.15, 0.2) is 24.3 Å². The lowest BCUT2D eigenvalue weighted by Gasteiger charge is -2.10. The van der Waals surface area contributed by atoms with Crippen molar-refractivity contribution >= 4 is 35.1 Å². The van der Waals surface area contributed by atoms with E-state index in [2.05, 4.69) is 11.4 Å². The summed E-state index contributed by atoms with van der Waals surface area (Å²) >= 11 is 3.86. The molecular formula is C12H12N2OS2. The summed E-state index contributed by atoms with van der Waals surface area (Å²) < 4.78 is 0.475. The van der Waals surface area contributed by atoms with Gasteiger partial charge in [-0.05, 0) is 17.7 Å². The van der Waals surface area contributed by atoms with Gasteiger partial charge in [-0.15, -0.1) is 23.5 Å². The monoisotopic (exact) mass is 264 g/mol. The number of hydrogen-bond acceptors (Lipinski definition) is 4. The molecule has 0 spiro atoms. The number of rotatable bonds is 3. The molecule has 1 heterocycles. The van der Waals surface area contributed by atoms with E-state index in [0.717, 1.165) is 5.69 Å². The maximum atomic E-state index is 11.3. The summed E-state index contributed by atoms with van der Waals surface area (Å²) in [7, 11) is 0. The third-order valence-electron chi connectivity index (χ3n) is 2.30. The number of nitrogens with one attached hydrogen (secondary N) is 1. The van der Waals surface area contributed by atoms with Crippen LogP contribution in [-0.4, -0.2) is 17.4 Å². The second-order valence-corrected chi connectivity index (χ2v) is 6.31. The summed E-state index contributed by atoms with van der Waals surface area (Å²) in [5.74, 6) is 2.11. The van der Waals surface area contributed by atoms with Gasteiger partial charge < -0.3 is 5.32 Å². The Morgan fingerprint density at radius 2 is 2.24 bits per heavy atom. The predicted octanol–water partition coefficient (Wildman–Crippen LogP) is 3.02. The Morgan fingerprint density at radius 1 is 1.47 bits per heavy atom. The zero-order valence-corrected chi connectivity index (χ0v) is 10.8. The molecule has 0 aromatic heterocycles. The van der Waals surface area contributed by atoms with Crippen molar-refractivity contribution < 1.29 is 4.79 Å². The van der Waals surface area contributed by atoms with Gasteiger partial charge in [0.05, 0.1) is 10.7 Å². The molecule has 5 heteroatoms. The first-order valence-corrected chi connectivity index (χ1v) is 7.39. The van der Waals surface area contributed by atoms with Crippen LogP contribution in [0.1, 0.15) is 16.6 Å². The van der Waals surface area contributed by atoms with Gasteiger partial charge in [-0.3, -0.25) is 4.79 Å². The Kier molecular flexibility index (Phi) is 4.35. The molecule has 0 atom stereocenters. The fourth-order valence-corrected chi connectivity index (χ4v) is 4.43. The summed E-state index contributed by atoms with van der Waals surface area (Å²) in [6, 6.07) is 9.70. The molecule has 88 valence electrons. The molecule has 0 bridgehead atoms. The van der Waals surface area contributed by atoms with Crippen molar-refractivity contribution in [3.8, 4) is 6.07 Å². The highest BCUT2D eigenvalue weighted by Gasteiger charge is 2.18. The maximum Gasteiger partial charge on any atom is 0.238 e. The zero-order valence-electron chi connectivity index (χ0n) is 9.18. The highest BCUT2D eigenvalue weighted by molar-refractivity contribution is 8.19. The highest BCUT2D eigenvalue weighted by atomic mass is 32.2. The minimum absolute atomic E-state index is 0.100. The van der Waals surface area contributed by atoms with Crippen molar-refractivity contribution in [1.29, 1.82) is 5.26 Å².